The second kappa shape index (κ2) is 9.02. The van der Waals surface area contributed by atoms with Crippen molar-refractivity contribution in [2.24, 2.45) is 5.41 Å². The first kappa shape index (κ1) is 20.6. The molecule has 30 heavy (non-hydrogen) atoms. The first-order valence-electron chi connectivity index (χ1n) is 10.4. The van der Waals surface area contributed by atoms with Crippen LogP contribution in [0, 0.1) is 5.41 Å². The quantitative estimate of drug-likeness (QED) is 0.724. The number of ether oxygens (including phenoxy) is 2. The topological polar surface area (TPSA) is 83.9 Å². The third-order valence-electron chi connectivity index (χ3n) is 6.02. The lowest BCUT2D eigenvalue weighted by Gasteiger charge is -2.50. The van der Waals surface area contributed by atoms with Crippen molar-refractivity contribution < 1.29 is 19.4 Å². The molecule has 2 aliphatic heterocycles. The molecule has 0 aliphatic carbocycles. The van der Waals surface area contributed by atoms with E-state index in [1.165, 1.54) is 0 Å². The van der Waals surface area contributed by atoms with Crippen LogP contribution in [0.1, 0.15) is 24.0 Å². The summed E-state index contributed by atoms with van der Waals surface area (Å²) in [6, 6.07) is 11.8. The molecule has 0 radical (unpaired) electrons. The molecule has 2 aromatic rings. The lowest BCUT2D eigenvalue weighted by atomic mass is 9.73. The molecule has 2 aliphatic rings. The molecule has 4 rings (SSSR count). The Morgan fingerprint density at radius 3 is 2.80 bits per heavy atom. The number of methoxy groups -OCH3 is 1. The summed E-state index contributed by atoms with van der Waals surface area (Å²) in [6.07, 6.45) is 4.04. The minimum Gasteiger partial charge on any atom is -0.497 e. The van der Waals surface area contributed by atoms with Crippen molar-refractivity contribution in [3.8, 4) is 5.75 Å². The highest BCUT2D eigenvalue weighted by Gasteiger charge is 2.50. The Hall–Kier alpha value is -2.64. The SMILES string of the molecule is COc1cccc(CC2(C(=O)NC3CCOCC3)CN(c3cc(CO)ccn3)C2)c1. The second-order valence-corrected chi connectivity index (χ2v) is 8.21. The van der Waals surface area contributed by atoms with Crippen LogP contribution in [-0.4, -0.2) is 55.5 Å². The van der Waals surface area contributed by atoms with Crippen LogP contribution >= 0.6 is 0 Å². The lowest BCUT2D eigenvalue weighted by molar-refractivity contribution is -0.134. The van der Waals surface area contributed by atoms with Crippen LogP contribution in [0.3, 0.4) is 0 Å². The molecule has 0 atom stereocenters. The Bertz CT molecular complexity index is 876. The molecule has 1 aromatic heterocycles. The molecule has 7 heteroatoms. The Morgan fingerprint density at radius 1 is 1.27 bits per heavy atom. The fourth-order valence-corrected chi connectivity index (χ4v) is 4.27. The molecule has 0 unspecified atom stereocenters. The van der Waals surface area contributed by atoms with E-state index in [0.717, 1.165) is 35.5 Å². The van der Waals surface area contributed by atoms with Crippen molar-refractivity contribution in [2.45, 2.75) is 31.9 Å². The van der Waals surface area contributed by atoms with Gasteiger partial charge in [-0.05, 0) is 54.7 Å². The highest BCUT2D eigenvalue weighted by molar-refractivity contribution is 5.86. The number of carbonyl (C=O) groups is 1. The predicted molar refractivity (Wildman–Crippen MR) is 113 cm³/mol. The van der Waals surface area contributed by atoms with E-state index < -0.39 is 5.41 Å². The van der Waals surface area contributed by atoms with Gasteiger partial charge >= 0.3 is 0 Å². The van der Waals surface area contributed by atoms with E-state index in [1.54, 1.807) is 19.4 Å². The third kappa shape index (κ3) is 4.42. The highest BCUT2D eigenvalue weighted by Crippen LogP contribution is 2.38. The minimum absolute atomic E-state index is 0.0252. The number of rotatable bonds is 7. The number of aliphatic hydroxyl groups excluding tert-OH is 1. The van der Waals surface area contributed by atoms with E-state index in [1.807, 2.05) is 30.3 Å². The van der Waals surface area contributed by atoms with E-state index >= 15 is 0 Å². The fourth-order valence-electron chi connectivity index (χ4n) is 4.27. The number of nitrogens with one attached hydrogen (secondary N) is 1. The lowest BCUT2D eigenvalue weighted by Crippen LogP contribution is -2.65. The van der Waals surface area contributed by atoms with Gasteiger partial charge in [-0.25, -0.2) is 4.98 Å². The fraction of sp³-hybridized carbons (Fsp3) is 0.478. The zero-order valence-corrected chi connectivity index (χ0v) is 17.3. The van der Waals surface area contributed by atoms with Gasteiger partial charge in [0.2, 0.25) is 5.91 Å². The van der Waals surface area contributed by atoms with Gasteiger partial charge in [0.1, 0.15) is 11.6 Å². The van der Waals surface area contributed by atoms with E-state index in [0.29, 0.717) is 32.7 Å². The molecule has 1 aromatic carbocycles. The Balaban J connectivity index is 1.53. The van der Waals surface area contributed by atoms with Gasteiger partial charge in [-0.3, -0.25) is 4.79 Å². The van der Waals surface area contributed by atoms with Crippen molar-refractivity contribution >= 4 is 11.7 Å². The molecule has 2 N–H and O–H groups in total. The molecule has 2 saturated heterocycles. The summed E-state index contributed by atoms with van der Waals surface area (Å²) in [5.74, 6) is 1.68. The van der Waals surface area contributed by atoms with Crippen LogP contribution in [0.5, 0.6) is 5.75 Å². The highest BCUT2D eigenvalue weighted by atomic mass is 16.5. The van der Waals surface area contributed by atoms with E-state index in [2.05, 4.69) is 15.2 Å². The maximum absolute atomic E-state index is 13.4. The maximum Gasteiger partial charge on any atom is 0.230 e. The molecule has 0 bridgehead atoms. The van der Waals surface area contributed by atoms with Gasteiger partial charge in [-0.1, -0.05) is 12.1 Å². The van der Waals surface area contributed by atoms with Crippen molar-refractivity contribution in [3.05, 3.63) is 53.7 Å². The van der Waals surface area contributed by atoms with E-state index in [4.69, 9.17) is 9.47 Å². The van der Waals surface area contributed by atoms with Crippen molar-refractivity contribution in [1.82, 2.24) is 10.3 Å². The number of carbonyl (C=O) groups excluding carboxylic acids is 1. The first-order chi connectivity index (χ1) is 14.6. The maximum atomic E-state index is 13.4. The Labute approximate surface area is 177 Å². The normalized spacial score (nSPS) is 18.5. The van der Waals surface area contributed by atoms with Gasteiger partial charge in [-0.15, -0.1) is 0 Å². The number of pyridine rings is 1. The van der Waals surface area contributed by atoms with Gasteiger partial charge < -0.3 is 24.8 Å². The summed E-state index contributed by atoms with van der Waals surface area (Å²) in [5.41, 5.74) is 1.37. The number of aromatic nitrogens is 1. The summed E-state index contributed by atoms with van der Waals surface area (Å²) in [6.45, 7) is 2.53. The van der Waals surface area contributed by atoms with Crippen LogP contribution in [-0.2, 0) is 22.6 Å². The van der Waals surface area contributed by atoms with Gasteiger partial charge in [0.15, 0.2) is 0 Å². The Kier molecular flexibility index (Phi) is 6.20. The smallest absolute Gasteiger partial charge is 0.230 e. The van der Waals surface area contributed by atoms with Crippen LogP contribution < -0.4 is 15.0 Å². The number of hydrogen-bond donors (Lipinski definition) is 2. The number of amides is 1. The molecule has 7 nitrogen and oxygen atoms in total. The van der Waals surface area contributed by atoms with Crippen LogP contribution in [0.25, 0.3) is 0 Å². The summed E-state index contributed by atoms with van der Waals surface area (Å²) in [4.78, 5) is 19.9. The summed E-state index contributed by atoms with van der Waals surface area (Å²) in [5, 5.41) is 12.7. The standard InChI is InChI=1S/C23H29N3O4/c1-29-20-4-2-3-17(11-20)13-23(22(28)25-19-6-9-30-10-7-19)15-26(16-23)21-12-18(14-27)5-8-24-21/h2-5,8,11-12,19,27H,6-7,9-10,13-16H2,1H3,(H,25,28). The molecule has 1 amide bonds. The molecule has 160 valence electrons. The summed E-state index contributed by atoms with van der Waals surface area (Å²) in [7, 11) is 1.65. The van der Waals surface area contributed by atoms with Crippen LogP contribution in [0.2, 0.25) is 0 Å². The van der Waals surface area contributed by atoms with Gasteiger partial charge in [-0.2, -0.15) is 0 Å². The Morgan fingerprint density at radius 2 is 2.07 bits per heavy atom. The number of benzene rings is 1. The van der Waals surface area contributed by atoms with Crippen LogP contribution in [0.4, 0.5) is 5.82 Å². The van der Waals surface area contributed by atoms with Gasteiger partial charge in [0, 0.05) is 38.5 Å². The monoisotopic (exact) mass is 411 g/mol. The second-order valence-electron chi connectivity index (χ2n) is 8.21. The number of anilines is 1. The first-order valence-corrected chi connectivity index (χ1v) is 10.4. The molecule has 2 fully saturated rings. The van der Waals surface area contributed by atoms with Crippen LogP contribution in [0.15, 0.2) is 42.6 Å². The predicted octanol–water partition coefficient (Wildman–Crippen LogP) is 1.93. The molecular weight excluding hydrogens is 382 g/mol. The number of aliphatic hydroxyl groups is 1. The zero-order chi connectivity index (χ0) is 21.0. The number of hydrogen-bond acceptors (Lipinski definition) is 6. The average molecular weight is 412 g/mol. The van der Waals surface area contributed by atoms with Crippen molar-refractivity contribution in [1.29, 1.82) is 0 Å². The van der Waals surface area contributed by atoms with Crippen molar-refractivity contribution in [3.63, 3.8) is 0 Å². The summed E-state index contributed by atoms with van der Waals surface area (Å²) < 4.78 is 10.8. The summed E-state index contributed by atoms with van der Waals surface area (Å²) >= 11 is 0. The number of nitrogens with zero attached hydrogens (tertiary/aromatic N) is 2. The molecule has 0 spiro atoms. The van der Waals surface area contributed by atoms with Gasteiger partial charge in [0.05, 0.1) is 19.1 Å². The third-order valence-corrected chi connectivity index (χ3v) is 6.02. The molecule has 0 saturated carbocycles. The van der Waals surface area contributed by atoms with E-state index in [-0.39, 0.29) is 18.6 Å². The van der Waals surface area contributed by atoms with Crippen molar-refractivity contribution in [2.75, 3.05) is 38.3 Å². The zero-order valence-electron chi connectivity index (χ0n) is 17.3. The molecular formula is C23H29N3O4. The van der Waals surface area contributed by atoms with Gasteiger partial charge in [0.25, 0.3) is 0 Å². The molecule has 3 heterocycles. The average Bonchev–Trinajstić information content (AvgIpc) is 2.76. The largest absolute Gasteiger partial charge is 0.497 e. The minimum atomic E-state index is -0.526. The van der Waals surface area contributed by atoms with E-state index in [9.17, 15) is 9.90 Å².